The summed E-state index contributed by atoms with van der Waals surface area (Å²) >= 11 is 0. The highest BCUT2D eigenvalue weighted by Gasteiger charge is 2.38. The molecule has 0 atom stereocenters. The van der Waals surface area contributed by atoms with Crippen molar-refractivity contribution in [1.82, 2.24) is 0 Å². The maximum Gasteiger partial charge on any atom is 0.135 e. The van der Waals surface area contributed by atoms with E-state index in [1.807, 2.05) is 6.07 Å². The fraction of sp³-hybridized carbons (Fsp3) is 0.0877. The first-order valence-electron chi connectivity index (χ1n) is 20.8. The van der Waals surface area contributed by atoms with Gasteiger partial charge < -0.3 is 9.32 Å². The van der Waals surface area contributed by atoms with E-state index in [0.29, 0.717) is 0 Å². The Kier molecular flexibility index (Phi) is 7.43. The second-order valence-electron chi connectivity index (χ2n) is 16.8. The minimum absolute atomic E-state index is 0.247. The van der Waals surface area contributed by atoms with E-state index in [4.69, 9.17) is 4.42 Å². The highest BCUT2D eigenvalue weighted by atomic mass is 16.3. The molecule has 0 bridgehead atoms. The van der Waals surface area contributed by atoms with Gasteiger partial charge in [-0.05, 0) is 145 Å². The van der Waals surface area contributed by atoms with Crippen LogP contribution in [-0.2, 0) is 18.3 Å². The Balaban J connectivity index is 1.04. The fourth-order valence-electron chi connectivity index (χ4n) is 10.3. The molecule has 0 spiro atoms. The van der Waals surface area contributed by atoms with Gasteiger partial charge >= 0.3 is 0 Å². The minimum atomic E-state index is -0.247. The molecule has 10 aromatic rings. The normalized spacial score (nSPS) is 13.6. The summed E-state index contributed by atoms with van der Waals surface area (Å²) in [5.41, 5.74) is 21.0. The highest BCUT2D eigenvalue weighted by Crippen LogP contribution is 2.55. The topological polar surface area (TPSA) is 16.4 Å². The summed E-state index contributed by atoms with van der Waals surface area (Å²) in [7, 11) is 0. The van der Waals surface area contributed by atoms with Gasteiger partial charge in [0.1, 0.15) is 11.2 Å². The molecule has 0 saturated carbocycles. The zero-order chi connectivity index (χ0) is 39.2. The molecule has 280 valence electrons. The SMILES string of the molecule is CC1(C)c2cc(N(c3cccc(-c4ccccc4)c3)c3ccc4oc5ccccc5c4c3)ccc2-c2c1cc(-c1cccc3c1CCc1ccccc1-3)c1ccccc21. The zero-order valence-electron chi connectivity index (χ0n) is 33.2. The van der Waals surface area contributed by atoms with E-state index in [1.54, 1.807) is 0 Å². The third-order valence-electron chi connectivity index (χ3n) is 13.2. The smallest absolute Gasteiger partial charge is 0.135 e. The van der Waals surface area contributed by atoms with Gasteiger partial charge in [0.05, 0.1) is 0 Å². The molecule has 2 heteroatoms. The Bertz CT molecular complexity index is 3310. The van der Waals surface area contributed by atoms with E-state index >= 15 is 0 Å². The van der Waals surface area contributed by atoms with Gasteiger partial charge in [-0.3, -0.25) is 0 Å². The molecule has 2 aliphatic rings. The number of nitrogens with zero attached hydrogens (tertiary/aromatic N) is 1. The Morgan fingerprint density at radius 3 is 1.93 bits per heavy atom. The van der Waals surface area contributed by atoms with Crippen LogP contribution in [0.4, 0.5) is 17.1 Å². The number of rotatable bonds is 5. The number of benzene rings is 9. The third-order valence-corrected chi connectivity index (χ3v) is 13.2. The Labute approximate surface area is 344 Å². The number of fused-ring (bicyclic) bond motifs is 11. The molecule has 12 rings (SSSR count). The molecule has 0 radical (unpaired) electrons. The number of para-hydroxylation sites is 1. The predicted molar refractivity (Wildman–Crippen MR) is 247 cm³/mol. The lowest BCUT2D eigenvalue weighted by Gasteiger charge is -2.28. The number of hydrogen-bond donors (Lipinski definition) is 0. The molecule has 59 heavy (non-hydrogen) atoms. The van der Waals surface area contributed by atoms with Gasteiger partial charge in [-0.25, -0.2) is 0 Å². The van der Waals surface area contributed by atoms with Crippen LogP contribution >= 0.6 is 0 Å². The van der Waals surface area contributed by atoms with Crippen molar-refractivity contribution in [2.75, 3.05) is 4.90 Å². The second kappa shape index (κ2) is 12.9. The Morgan fingerprint density at radius 1 is 0.407 bits per heavy atom. The van der Waals surface area contributed by atoms with E-state index < -0.39 is 0 Å². The van der Waals surface area contributed by atoms with Crippen LogP contribution in [0.2, 0.25) is 0 Å². The third kappa shape index (κ3) is 5.19. The number of hydrogen-bond acceptors (Lipinski definition) is 2. The lowest BCUT2D eigenvalue weighted by molar-refractivity contribution is 0.661. The van der Waals surface area contributed by atoms with Gasteiger partial charge in [-0.15, -0.1) is 0 Å². The number of furan rings is 1. The first-order chi connectivity index (χ1) is 29.0. The first-order valence-corrected chi connectivity index (χ1v) is 20.8. The molecule has 0 aliphatic heterocycles. The van der Waals surface area contributed by atoms with E-state index in [0.717, 1.165) is 51.8 Å². The van der Waals surface area contributed by atoms with Crippen LogP contribution in [0.15, 0.2) is 192 Å². The van der Waals surface area contributed by atoms with E-state index in [1.165, 1.54) is 77.5 Å². The van der Waals surface area contributed by atoms with Crippen molar-refractivity contribution in [3.8, 4) is 44.5 Å². The molecule has 0 N–H and O–H groups in total. The summed E-state index contributed by atoms with van der Waals surface area (Å²) in [6, 6.07) is 69.2. The van der Waals surface area contributed by atoms with Crippen molar-refractivity contribution < 1.29 is 4.42 Å². The molecule has 0 fully saturated rings. The summed E-state index contributed by atoms with van der Waals surface area (Å²) in [6.07, 6.45) is 2.11. The molecule has 2 nitrogen and oxygen atoms in total. The van der Waals surface area contributed by atoms with Crippen molar-refractivity contribution >= 4 is 49.8 Å². The summed E-state index contributed by atoms with van der Waals surface area (Å²) in [4.78, 5) is 2.42. The van der Waals surface area contributed by atoms with Crippen LogP contribution in [0, 0.1) is 0 Å². The molecule has 0 unspecified atom stereocenters. The van der Waals surface area contributed by atoms with E-state index in [2.05, 4.69) is 201 Å². The van der Waals surface area contributed by atoms with Crippen LogP contribution < -0.4 is 4.90 Å². The van der Waals surface area contributed by atoms with Gasteiger partial charge in [-0.2, -0.15) is 0 Å². The average Bonchev–Trinajstić information content (AvgIpc) is 3.77. The molecular formula is C57H41NO. The molecule has 9 aromatic carbocycles. The molecule has 0 saturated heterocycles. The van der Waals surface area contributed by atoms with Gasteiger partial charge in [-0.1, -0.05) is 147 Å². The van der Waals surface area contributed by atoms with Crippen LogP contribution in [0.25, 0.3) is 77.2 Å². The minimum Gasteiger partial charge on any atom is -0.456 e. The first kappa shape index (κ1) is 33.9. The maximum atomic E-state index is 6.30. The van der Waals surface area contributed by atoms with Crippen LogP contribution in [0.1, 0.15) is 36.1 Å². The number of aryl methyl sites for hydroxylation is 1. The van der Waals surface area contributed by atoms with Gasteiger partial charge in [0.25, 0.3) is 0 Å². The summed E-state index contributed by atoms with van der Waals surface area (Å²) in [6.45, 7) is 4.83. The van der Waals surface area contributed by atoms with E-state index in [-0.39, 0.29) is 5.41 Å². The van der Waals surface area contributed by atoms with Crippen molar-refractivity contribution in [3.05, 3.63) is 210 Å². The molecular weight excluding hydrogens is 715 g/mol. The zero-order valence-corrected chi connectivity index (χ0v) is 33.2. The molecule has 1 aromatic heterocycles. The van der Waals surface area contributed by atoms with Gasteiger partial charge in [0, 0.05) is 33.2 Å². The molecule has 2 aliphatic carbocycles. The maximum absolute atomic E-state index is 6.30. The quantitative estimate of drug-likeness (QED) is 0.174. The van der Waals surface area contributed by atoms with Gasteiger partial charge in [0.15, 0.2) is 0 Å². The molecule has 1 heterocycles. The molecule has 0 amide bonds. The highest BCUT2D eigenvalue weighted by molar-refractivity contribution is 6.10. The average molecular weight is 756 g/mol. The van der Waals surface area contributed by atoms with Crippen molar-refractivity contribution in [3.63, 3.8) is 0 Å². The van der Waals surface area contributed by atoms with Crippen LogP contribution in [0.3, 0.4) is 0 Å². The van der Waals surface area contributed by atoms with E-state index in [9.17, 15) is 0 Å². The summed E-state index contributed by atoms with van der Waals surface area (Å²) in [5.74, 6) is 0. The monoisotopic (exact) mass is 755 g/mol. The van der Waals surface area contributed by atoms with Crippen LogP contribution in [-0.4, -0.2) is 0 Å². The lowest BCUT2D eigenvalue weighted by Crippen LogP contribution is -2.17. The summed E-state index contributed by atoms with van der Waals surface area (Å²) in [5, 5.41) is 4.87. The van der Waals surface area contributed by atoms with Crippen molar-refractivity contribution in [2.45, 2.75) is 32.1 Å². The van der Waals surface area contributed by atoms with Gasteiger partial charge in [0.2, 0.25) is 0 Å². The van der Waals surface area contributed by atoms with Crippen molar-refractivity contribution in [2.24, 2.45) is 0 Å². The van der Waals surface area contributed by atoms with Crippen molar-refractivity contribution in [1.29, 1.82) is 0 Å². The lowest BCUT2D eigenvalue weighted by atomic mass is 9.78. The Hall–Kier alpha value is -7.16. The second-order valence-corrected chi connectivity index (χ2v) is 16.8. The Morgan fingerprint density at radius 2 is 1.05 bits per heavy atom. The standard InChI is InChI=1S/C57H41NO/c1-57(2)52-34-41(58(39-18-12-17-38(32-39)36-14-4-3-5-15-36)40-28-31-55-51(33-40)47-21-10-11-25-54(47)59-55)27-30-49(52)56-48-22-9-8-20-45(48)50(35-53(56)57)44-24-13-23-43-42-19-7-6-16-37(42)26-29-46(43)44/h3-25,27-28,30-35H,26,29H2,1-2H3. The fourth-order valence-corrected chi connectivity index (χ4v) is 10.3. The summed E-state index contributed by atoms with van der Waals surface area (Å²) < 4.78 is 6.30. The predicted octanol–water partition coefficient (Wildman–Crippen LogP) is 15.6. The number of anilines is 3. The largest absolute Gasteiger partial charge is 0.456 e. The van der Waals surface area contributed by atoms with Crippen LogP contribution in [0.5, 0.6) is 0 Å².